The van der Waals surface area contributed by atoms with Crippen molar-refractivity contribution in [2.24, 2.45) is 5.10 Å². The van der Waals surface area contributed by atoms with E-state index in [4.69, 9.17) is 21.7 Å². The molecule has 0 bridgehead atoms. The number of hydrogen-bond acceptors (Lipinski definition) is 7. The third kappa shape index (κ3) is 4.09. The first kappa shape index (κ1) is 18.5. The van der Waals surface area contributed by atoms with E-state index in [1.807, 2.05) is 31.2 Å². The molecule has 0 saturated carbocycles. The van der Waals surface area contributed by atoms with Crippen LogP contribution < -0.4 is 15.0 Å². The lowest BCUT2D eigenvalue weighted by atomic mass is 10.2. The smallest absolute Gasteiger partial charge is 0.216 e. The summed E-state index contributed by atoms with van der Waals surface area (Å²) in [6.45, 7) is 2.53. The van der Waals surface area contributed by atoms with Crippen LogP contribution in [0.15, 0.2) is 47.6 Å². The number of hydrogen-bond donors (Lipinski definition) is 3. The molecule has 0 aliphatic carbocycles. The minimum Gasteiger partial charge on any atom is -0.504 e. The lowest BCUT2D eigenvalue weighted by Gasteiger charge is -2.07. The average molecular weight is 385 g/mol. The van der Waals surface area contributed by atoms with Gasteiger partial charge in [-0.1, -0.05) is 6.07 Å². The molecule has 0 aliphatic heterocycles. The van der Waals surface area contributed by atoms with Gasteiger partial charge in [-0.05, 0) is 55.5 Å². The van der Waals surface area contributed by atoms with E-state index in [1.165, 1.54) is 18.0 Å². The quantitative estimate of drug-likeness (QED) is 0.328. The van der Waals surface area contributed by atoms with Crippen molar-refractivity contribution < 1.29 is 14.6 Å². The summed E-state index contributed by atoms with van der Waals surface area (Å²) in [5.41, 5.74) is 4.15. The topological polar surface area (TPSA) is 96.7 Å². The Hall–Kier alpha value is -3.33. The zero-order chi connectivity index (χ0) is 19.2. The van der Waals surface area contributed by atoms with Gasteiger partial charge in [-0.15, -0.1) is 0 Å². The highest BCUT2D eigenvalue weighted by Gasteiger charge is 2.09. The first-order valence-corrected chi connectivity index (χ1v) is 8.60. The maximum Gasteiger partial charge on any atom is 0.216 e. The molecule has 2 aromatic carbocycles. The van der Waals surface area contributed by atoms with Gasteiger partial charge in [-0.3, -0.25) is 0 Å². The highest BCUT2D eigenvalue weighted by molar-refractivity contribution is 7.71. The van der Waals surface area contributed by atoms with Gasteiger partial charge < -0.3 is 14.6 Å². The lowest BCUT2D eigenvalue weighted by Crippen LogP contribution is -2.10. The van der Waals surface area contributed by atoms with Crippen LogP contribution in [-0.2, 0) is 0 Å². The molecule has 0 spiro atoms. The number of para-hydroxylation sites is 1. The first-order valence-electron chi connectivity index (χ1n) is 8.19. The average Bonchev–Trinajstić information content (AvgIpc) is 3.05. The molecule has 8 nitrogen and oxygen atoms in total. The number of benzene rings is 2. The molecule has 140 valence electrons. The largest absolute Gasteiger partial charge is 0.504 e. The molecular formula is C18H19N5O3S. The maximum absolute atomic E-state index is 10.1. The first-order chi connectivity index (χ1) is 13.1. The third-order valence-corrected chi connectivity index (χ3v) is 3.98. The molecule has 0 fully saturated rings. The summed E-state index contributed by atoms with van der Waals surface area (Å²) in [5, 5.41) is 21.2. The highest BCUT2D eigenvalue weighted by atomic mass is 32.1. The molecule has 3 aromatic rings. The Morgan fingerprint density at radius 3 is 2.78 bits per heavy atom. The summed E-state index contributed by atoms with van der Waals surface area (Å²) in [6.07, 6.45) is 1.47. The standard InChI is InChI=1S/C18H19N5O3S/c1-3-26-14-9-7-12(8-10-14)17-20-21-18(27)23(17)22-19-11-13-5-4-6-15(25-2)16(13)24/h4-11,22,24H,3H2,1-2H3,(H,21,27)/b19-11+. The molecule has 1 aromatic heterocycles. The second-order valence-electron chi connectivity index (χ2n) is 5.40. The van der Waals surface area contributed by atoms with Gasteiger partial charge >= 0.3 is 0 Å². The van der Waals surface area contributed by atoms with Crippen molar-refractivity contribution in [1.29, 1.82) is 0 Å². The predicted molar refractivity (Wildman–Crippen MR) is 106 cm³/mol. The molecule has 27 heavy (non-hydrogen) atoms. The van der Waals surface area contributed by atoms with E-state index < -0.39 is 0 Å². The van der Waals surface area contributed by atoms with Crippen molar-refractivity contribution in [3.05, 3.63) is 52.8 Å². The van der Waals surface area contributed by atoms with E-state index in [1.54, 1.807) is 18.2 Å². The van der Waals surface area contributed by atoms with Crippen LogP contribution >= 0.6 is 12.2 Å². The van der Waals surface area contributed by atoms with E-state index in [2.05, 4.69) is 20.8 Å². The number of nitrogens with zero attached hydrogens (tertiary/aromatic N) is 3. The Bertz CT molecular complexity index is 995. The Morgan fingerprint density at radius 1 is 1.30 bits per heavy atom. The monoisotopic (exact) mass is 385 g/mol. The van der Waals surface area contributed by atoms with Crippen molar-refractivity contribution in [2.45, 2.75) is 6.92 Å². The van der Waals surface area contributed by atoms with Gasteiger partial charge in [0, 0.05) is 11.1 Å². The molecule has 0 saturated heterocycles. The molecule has 9 heteroatoms. The van der Waals surface area contributed by atoms with E-state index >= 15 is 0 Å². The summed E-state index contributed by atoms with van der Waals surface area (Å²) in [7, 11) is 1.49. The van der Waals surface area contributed by atoms with Gasteiger partial charge in [0.2, 0.25) is 4.77 Å². The number of hydrazone groups is 1. The Balaban J connectivity index is 1.82. The van der Waals surface area contributed by atoms with Crippen LogP contribution in [0.5, 0.6) is 17.2 Å². The minimum atomic E-state index is 0.00748. The molecular weight excluding hydrogens is 366 g/mol. The SMILES string of the molecule is CCOc1ccc(-c2n[nH]c(=S)n2N/N=C/c2cccc(OC)c2O)cc1. The normalized spacial score (nSPS) is 10.9. The number of phenolic OH excluding ortho intramolecular Hbond substituents is 1. The minimum absolute atomic E-state index is 0.00748. The van der Waals surface area contributed by atoms with Crippen molar-refractivity contribution in [2.75, 3.05) is 19.3 Å². The van der Waals surface area contributed by atoms with Gasteiger partial charge in [0.05, 0.1) is 19.9 Å². The van der Waals surface area contributed by atoms with Crippen molar-refractivity contribution >= 4 is 18.4 Å². The fourth-order valence-corrected chi connectivity index (χ4v) is 2.59. The second kappa shape index (κ2) is 8.37. The molecule has 0 unspecified atom stereocenters. The molecule has 0 aliphatic rings. The number of H-pyrrole nitrogens is 1. The van der Waals surface area contributed by atoms with Crippen LogP contribution in [0.3, 0.4) is 0 Å². The highest BCUT2D eigenvalue weighted by Crippen LogP contribution is 2.28. The Kier molecular flexibility index (Phi) is 5.72. The second-order valence-corrected chi connectivity index (χ2v) is 5.79. The lowest BCUT2D eigenvalue weighted by molar-refractivity contribution is 0.340. The molecule has 0 amide bonds. The van der Waals surface area contributed by atoms with Gasteiger partial charge in [-0.2, -0.15) is 14.9 Å². The predicted octanol–water partition coefficient (Wildman–Crippen LogP) is 3.30. The fourth-order valence-electron chi connectivity index (χ4n) is 2.41. The summed E-state index contributed by atoms with van der Waals surface area (Å²) < 4.78 is 12.4. The van der Waals surface area contributed by atoms with E-state index in [0.717, 1.165) is 11.3 Å². The van der Waals surface area contributed by atoms with Gasteiger partial charge in [-0.25, -0.2) is 10.6 Å². The number of aromatic nitrogens is 3. The van der Waals surface area contributed by atoms with Crippen molar-refractivity contribution in [3.63, 3.8) is 0 Å². The Labute approximate surface area is 161 Å². The van der Waals surface area contributed by atoms with Crippen LogP contribution in [0.4, 0.5) is 0 Å². The number of aromatic amines is 1. The molecule has 0 atom stereocenters. The number of phenols is 1. The summed E-state index contributed by atoms with van der Waals surface area (Å²) in [6, 6.07) is 12.6. The molecule has 0 radical (unpaired) electrons. The zero-order valence-electron chi connectivity index (χ0n) is 14.8. The maximum atomic E-state index is 10.1. The zero-order valence-corrected chi connectivity index (χ0v) is 15.7. The van der Waals surface area contributed by atoms with Gasteiger partial charge in [0.1, 0.15) is 5.75 Å². The number of methoxy groups -OCH3 is 1. The van der Waals surface area contributed by atoms with Crippen LogP contribution in [0.25, 0.3) is 11.4 Å². The number of rotatable bonds is 7. The van der Waals surface area contributed by atoms with E-state index in [0.29, 0.717) is 28.5 Å². The van der Waals surface area contributed by atoms with Crippen LogP contribution in [-0.4, -0.2) is 39.9 Å². The van der Waals surface area contributed by atoms with E-state index in [9.17, 15) is 5.11 Å². The van der Waals surface area contributed by atoms with E-state index in [-0.39, 0.29) is 5.75 Å². The summed E-state index contributed by atoms with van der Waals surface area (Å²) in [4.78, 5) is 0. The molecule has 3 N–H and O–H groups in total. The number of aromatic hydroxyl groups is 1. The third-order valence-electron chi connectivity index (χ3n) is 3.71. The van der Waals surface area contributed by atoms with Crippen molar-refractivity contribution in [3.8, 4) is 28.6 Å². The van der Waals surface area contributed by atoms with Crippen LogP contribution in [0.2, 0.25) is 0 Å². The molecule has 1 heterocycles. The summed E-state index contributed by atoms with van der Waals surface area (Å²) >= 11 is 5.25. The van der Waals surface area contributed by atoms with Gasteiger partial charge in [0.25, 0.3) is 0 Å². The van der Waals surface area contributed by atoms with Crippen LogP contribution in [0.1, 0.15) is 12.5 Å². The van der Waals surface area contributed by atoms with Crippen molar-refractivity contribution in [1.82, 2.24) is 14.9 Å². The number of ether oxygens (including phenoxy) is 2. The number of nitrogens with one attached hydrogen (secondary N) is 2. The summed E-state index contributed by atoms with van der Waals surface area (Å²) in [5.74, 6) is 1.72. The molecule has 3 rings (SSSR count). The van der Waals surface area contributed by atoms with Gasteiger partial charge in [0.15, 0.2) is 17.3 Å². The Morgan fingerprint density at radius 2 is 2.07 bits per heavy atom. The fraction of sp³-hybridized carbons (Fsp3) is 0.167. The van der Waals surface area contributed by atoms with Crippen LogP contribution in [0, 0.1) is 4.77 Å².